The molecule has 1 aromatic carbocycles. The normalized spacial score (nSPS) is 30.4. The van der Waals surface area contributed by atoms with Crippen LogP contribution in [0.3, 0.4) is 0 Å². The number of carbonyl (C=O) groups excluding carboxylic acids is 1. The number of benzene rings is 1. The average Bonchev–Trinajstić information content (AvgIpc) is 3.36. The van der Waals surface area contributed by atoms with Crippen LogP contribution in [0.25, 0.3) is 0 Å². The number of hydrogen-bond donors (Lipinski definition) is 1. The van der Waals surface area contributed by atoms with Gasteiger partial charge in [0.05, 0.1) is 5.71 Å². The highest BCUT2D eigenvalue weighted by atomic mass is 32.1. The molecule has 5 atom stereocenters. The summed E-state index contributed by atoms with van der Waals surface area (Å²) in [5.41, 5.74) is 6.00. The van der Waals surface area contributed by atoms with Crippen molar-refractivity contribution in [2.75, 3.05) is 12.4 Å². The van der Waals surface area contributed by atoms with E-state index in [9.17, 15) is 4.79 Å². The number of fused-ring (bicyclic) bond motifs is 5. The molecule has 1 heterocycles. The lowest BCUT2D eigenvalue weighted by Crippen LogP contribution is -2.44. The maximum absolute atomic E-state index is 12.8. The number of thiazole rings is 1. The van der Waals surface area contributed by atoms with Crippen molar-refractivity contribution < 1.29 is 9.63 Å². The zero-order valence-corrected chi connectivity index (χ0v) is 23.5. The van der Waals surface area contributed by atoms with E-state index < -0.39 is 0 Å². The first kappa shape index (κ1) is 25.4. The lowest BCUT2D eigenvalue weighted by atomic mass is 9.53. The highest BCUT2D eigenvalue weighted by molar-refractivity contribution is 7.15. The average molecular weight is 508 g/mol. The van der Waals surface area contributed by atoms with Crippen LogP contribution in [0, 0.1) is 30.1 Å². The molecule has 3 unspecified atom stereocenters. The molecule has 2 aromatic rings. The molecule has 5 nitrogen and oxygen atoms in total. The Bertz CT molecular complexity index is 1160. The fourth-order valence-corrected chi connectivity index (χ4v) is 8.22. The van der Waals surface area contributed by atoms with Gasteiger partial charge in [0, 0.05) is 22.9 Å². The minimum absolute atomic E-state index is 0.0594. The second kappa shape index (κ2) is 9.59. The molecule has 1 amide bonds. The summed E-state index contributed by atoms with van der Waals surface area (Å²) in [6, 6.07) is 7.26. The summed E-state index contributed by atoms with van der Waals surface area (Å²) in [5.74, 6) is 2.29. The molecule has 1 aromatic heterocycles. The molecule has 0 bridgehead atoms. The lowest BCUT2D eigenvalue weighted by Gasteiger charge is -2.50. The van der Waals surface area contributed by atoms with E-state index >= 15 is 0 Å². The Labute approximate surface area is 220 Å². The van der Waals surface area contributed by atoms with E-state index in [1.165, 1.54) is 35.5 Å². The number of rotatable bonds is 5. The lowest BCUT2D eigenvalue weighted by molar-refractivity contribution is -0.116. The number of amides is 1. The van der Waals surface area contributed by atoms with E-state index in [0.717, 1.165) is 30.6 Å². The van der Waals surface area contributed by atoms with Crippen LogP contribution >= 0.6 is 11.3 Å². The SMILES string of the molecule is CO/N=C1\C[C@@H](CCC(=O)Nc2ncc(C)s2)C2C3CCc4ccc(C(C)(C)C)cc4C3CC[C@]12C. The molecule has 194 valence electrons. The fourth-order valence-electron chi connectivity index (χ4n) is 7.54. The van der Waals surface area contributed by atoms with E-state index in [2.05, 4.69) is 61.4 Å². The Kier molecular flexibility index (Phi) is 6.78. The van der Waals surface area contributed by atoms with E-state index in [0.29, 0.717) is 35.2 Å². The number of nitrogens with one attached hydrogen (secondary N) is 1. The van der Waals surface area contributed by atoms with Crippen LogP contribution in [0.1, 0.15) is 93.7 Å². The van der Waals surface area contributed by atoms with Crippen molar-refractivity contribution in [2.24, 2.45) is 28.3 Å². The Hall–Kier alpha value is -2.21. The molecule has 0 spiro atoms. The van der Waals surface area contributed by atoms with Crippen molar-refractivity contribution in [1.82, 2.24) is 4.98 Å². The predicted molar refractivity (Wildman–Crippen MR) is 148 cm³/mol. The van der Waals surface area contributed by atoms with Gasteiger partial charge in [-0.25, -0.2) is 4.98 Å². The summed E-state index contributed by atoms with van der Waals surface area (Å²) in [6.07, 6.45) is 8.89. The first-order valence-corrected chi connectivity index (χ1v) is 14.4. The number of carbonyl (C=O) groups is 1. The van der Waals surface area contributed by atoms with Gasteiger partial charge in [-0.15, -0.1) is 11.3 Å². The van der Waals surface area contributed by atoms with Gasteiger partial charge in [-0.1, -0.05) is 51.0 Å². The van der Waals surface area contributed by atoms with Gasteiger partial charge in [-0.3, -0.25) is 4.79 Å². The zero-order valence-electron chi connectivity index (χ0n) is 22.7. The first-order chi connectivity index (χ1) is 17.1. The molecule has 0 radical (unpaired) electrons. The minimum atomic E-state index is 0.0594. The minimum Gasteiger partial charge on any atom is -0.399 e. The molecule has 2 fully saturated rings. The third-order valence-electron chi connectivity index (χ3n) is 9.28. The molecule has 2 saturated carbocycles. The van der Waals surface area contributed by atoms with Crippen LogP contribution < -0.4 is 5.32 Å². The number of hydrogen-bond acceptors (Lipinski definition) is 5. The Morgan fingerprint density at radius 1 is 1.31 bits per heavy atom. The summed E-state index contributed by atoms with van der Waals surface area (Å²) in [4.78, 5) is 23.6. The third kappa shape index (κ3) is 4.62. The maximum atomic E-state index is 12.8. The summed E-state index contributed by atoms with van der Waals surface area (Å²) in [5, 5.41) is 8.27. The summed E-state index contributed by atoms with van der Waals surface area (Å²) >= 11 is 1.53. The number of oxime groups is 1. The molecule has 36 heavy (non-hydrogen) atoms. The van der Waals surface area contributed by atoms with Crippen molar-refractivity contribution >= 4 is 28.1 Å². The fraction of sp³-hybridized carbons (Fsp3) is 0.633. The van der Waals surface area contributed by atoms with Gasteiger partial charge in [0.15, 0.2) is 5.13 Å². The van der Waals surface area contributed by atoms with Crippen LogP contribution in [0.5, 0.6) is 0 Å². The number of aryl methyl sites for hydroxylation is 2. The van der Waals surface area contributed by atoms with Crippen molar-refractivity contribution in [1.29, 1.82) is 0 Å². The quantitative estimate of drug-likeness (QED) is 0.433. The van der Waals surface area contributed by atoms with E-state index in [1.807, 2.05) is 13.1 Å². The van der Waals surface area contributed by atoms with E-state index in [1.54, 1.807) is 18.2 Å². The summed E-state index contributed by atoms with van der Waals surface area (Å²) < 4.78 is 0. The molecular weight excluding hydrogens is 466 g/mol. The molecule has 0 aliphatic heterocycles. The molecule has 5 rings (SSSR count). The smallest absolute Gasteiger partial charge is 0.226 e. The van der Waals surface area contributed by atoms with Crippen molar-refractivity contribution in [3.8, 4) is 0 Å². The topological polar surface area (TPSA) is 63.6 Å². The number of nitrogens with zero attached hydrogens (tertiary/aromatic N) is 2. The van der Waals surface area contributed by atoms with Crippen LogP contribution in [0.15, 0.2) is 29.6 Å². The highest BCUT2D eigenvalue weighted by Crippen LogP contribution is 2.62. The van der Waals surface area contributed by atoms with Gasteiger partial charge >= 0.3 is 0 Å². The molecule has 6 heteroatoms. The Morgan fingerprint density at radius 3 is 2.81 bits per heavy atom. The standard InChI is InChI=1S/C30H41N3O2S/c1-18-17-31-28(36-18)32-26(34)12-9-20-15-25(33-35-6)30(5)14-13-22-23(27(20)30)11-8-19-7-10-21(16-24(19)22)29(2,3)4/h7,10,16-17,20,22-23,27H,8-9,11-15H2,1-6H3,(H,31,32,34)/b33-25+/t20-,22?,23?,27?,30-/m1/s1. The van der Waals surface area contributed by atoms with E-state index in [4.69, 9.17) is 4.84 Å². The number of aromatic nitrogens is 1. The second-order valence-electron chi connectivity index (χ2n) is 12.5. The van der Waals surface area contributed by atoms with Gasteiger partial charge in [-0.05, 0) is 91.2 Å². The molecule has 3 aliphatic carbocycles. The van der Waals surface area contributed by atoms with Crippen LogP contribution in [0.2, 0.25) is 0 Å². The van der Waals surface area contributed by atoms with Gasteiger partial charge in [0.2, 0.25) is 5.91 Å². The summed E-state index contributed by atoms with van der Waals surface area (Å²) in [6.45, 7) is 11.4. The first-order valence-electron chi connectivity index (χ1n) is 13.6. The predicted octanol–water partition coefficient (Wildman–Crippen LogP) is 7.25. The van der Waals surface area contributed by atoms with Gasteiger partial charge in [0.25, 0.3) is 0 Å². The maximum Gasteiger partial charge on any atom is 0.226 e. The van der Waals surface area contributed by atoms with Crippen LogP contribution in [0.4, 0.5) is 5.13 Å². The Morgan fingerprint density at radius 2 is 2.11 bits per heavy atom. The monoisotopic (exact) mass is 507 g/mol. The number of anilines is 1. The Balaban J connectivity index is 1.40. The van der Waals surface area contributed by atoms with Crippen molar-refractivity contribution in [3.05, 3.63) is 46.0 Å². The summed E-state index contributed by atoms with van der Waals surface area (Å²) in [7, 11) is 1.67. The highest BCUT2D eigenvalue weighted by Gasteiger charge is 2.57. The zero-order chi connectivity index (χ0) is 25.7. The van der Waals surface area contributed by atoms with E-state index in [-0.39, 0.29) is 16.7 Å². The van der Waals surface area contributed by atoms with Gasteiger partial charge < -0.3 is 10.2 Å². The van der Waals surface area contributed by atoms with Gasteiger partial charge in [-0.2, -0.15) is 0 Å². The third-order valence-corrected chi connectivity index (χ3v) is 10.1. The molecule has 3 aliphatic rings. The van der Waals surface area contributed by atoms with Crippen LogP contribution in [-0.2, 0) is 21.5 Å². The second-order valence-corrected chi connectivity index (χ2v) is 13.7. The van der Waals surface area contributed by atoms with Crippen molar-refractivity contribution in [2.45, 2.75) is 90.9 Å². The molecular formula is C30H41N3O2S. The van der Waals surface area contributed by atoms with Gasteiger partial charge in [0.1, 0.15) is 7.11 Å². The molecule has 0 saturated heterocycles. The van der Waals surface area contributed by atoms with Crippen LogP contribution in [-0.4, -0.2) is 23.7 Å². The van der Waals surface area contributed by atoms with Crippen molar-refractivity contribution in [3.63, 3.8) is 0 Å². The largest absolute Gasteiger partial charge is 0.399 e. The molecule has 1 N–H and O–H groups in total.